The maximum absolute atomic E-state index is 11.8. The number of carbonyl (C=O) groups excluding carboxylic acids is 1. The van der Waals surface area contributed by atoms with Gasteiger partial charge in [0.1, 0.15) is 11.5 Å². The Morgan fingerprint density at radius 1 is 1.24 bits per heavy atom. The minimum Gasteiger partial charge on any atom is -0.497 e. The lowest BCUT2D eigenvalue weighted by Gasteiger charge is -2.07. The van der Waals surface area contributed by atoms with Crippen molar-refractivity contribution in [1.29, 1.82) is 0 Å². The third-order valence-corrected chi connectivity index (χ3v) is 2.78. The van der Waals surface area contributed by atoms with Crippen LogP contribution < -0.4 is 14.8 Å². The molecule has 1 aromatic carbocycles. The Hall–Kier alpha value is -2.82. The monoisotopic (exact) mass is 284 g/mol. The summed E-state index contributed by atoms with van der Waals surface area (Å²) in [5.74, 6) is 1.10. The van der Waals surface area contributed by atoms with Gasteiger partial charge in [0.25, 0.3) is 0 Å². The molecular formula is C16H16N2O3. The average Bonchev–Trinajstić information content (AvgIpc) is 2.53. The molecule has 0 saturated heterocycles. The summed E-state index contributed by atoms with van der Waals surface area (Å²) in [5, 5.41) is 2.72. The molecule has 2 aromatic rings. The van der Waals surface area contributed by atoms with Gasteiger partial charge in [0, 0.05) is 23.9 Å². The first-order valence-electron chi connectivity index (χ1n) is 6.34. The largest absolute Gasteiger partial charge is 0.497 e. The van der Waals surface area contributed by atoms with Crippen molar-refractivity contribution in [1.82, 2.24) is 4.98 Å². The van der Waals surface area contributed by atoms with Crippen LogP contribution in [-0.2, 0) is 4.79 Å². The lowest BCUT2D eigenvalue weighted by molar-refractivity contribution is -0.111. The molecule has 1 heterocycles. The summed E-state index contributed by atoms with van der Waals surface area (Å²) in [6, 6.07) is 8.92. The number of nitrogens with zero attached hydrogens (tertiary/aromatic N) is 1. The SMILES string of the molecule is COc1ccc(/C=C/C(=O)Nc2cccnc2)c(OC)c1. The van der Waals surface area contributed by atoms with Gasteiger partial charge in [-0.2, -0.15) is 0 Å². The maximum Gasteiger partial charge on any atom is 0.248 e. The van der Waals surface area contributed by atoms with E-state index in [1.807, 2.05) is 6.07 Å². The van der Waals surface area contributed by atoms with Crippen LogP contribution in [0.4, 0.5) is 5.69 Å². The van der Waals surface area contributed by atoms with Crippen LogP contribution >= 0.6 is 0 Å². The van der Waals surface area contributed by atoms with Crippen molar-refractivity contribution in [3.63, 3.8) is 0 Å². The number of rotatable bonds is 5. The van der Waals surface area contributed by atoms with Crippen molar-refractivity contribution < 1.29 is 14.3 Å². The number of benzene rings is 1. The van der Waals surface area contributed by atoms with E-state index in [0.717, 1.165) is 5.56 Å². The van der Waals surface area contributed by atoms with Gasteiger partial charge in [-0.05, 0) is 30.3 Å². The summed E-state index contributed by atoms with van der Waals surface area (Å²) in [7, 11) is 3.16. The Morgan fingerprint density at radius 3 is 2.76 bits per heavy atom. The standard InChI is InChI=1S/C16H16N2O3/c1-20-14-7-5-12(15(10-14)21-2)6-8-16(19)18-13-4-3-9-17-11-13/h3-11H,1-2H3,(H,18,19)/b8-6+. The van der Waals surface area contributed by atoms with E-state index >= 15 is 0 Å². The van der Waals surface area contributed by atoms with Gasteiger partial charge in [0.2, 0.25) is 5.91 Å². The Bertz CT molecular complexity index is 639. The van der Waals surface area contributed by atoms with Crippen molar-refractivity contribution in [3.8, 4) is 11.5 Å². The van der Waals surface area contributed by atoms with Crippen LogP contribution in [0.15, 0.2) is 48.8 Å². The number of amides is 1. The molecule has 1 amide bonds. The fourth-order valence-corrected chi connectivity index (χ4v) is 1.74. The second-order valence-electron chi connectivity index (χ2n) is 4.17. The highest BCUT2D eigenvalue weighted by atomic mass is 16.5. The summed E-state index contributed by atoms with van der Waals surface area (Å²) >= 11 is 0. The van der Waals surface area contributed by atoms with Crippen molar-refractivity contribution in [2.45, 2.75) is 0 Å². The second-order valence-corrected chi connectivity index (χ2v) is 4.17. The molecule has 0 radical (unpaired) electrons. The Kier molecular flexibility index (Phi) is 4.93. The van der Waals surface area contributed by atoms with Crippen molar-refractivity contribution in [2.24, 2.45) is 0 Å². The summed E-state index contributed by atoms with van der Waals surface area (Å²) < 4.78 is 10.4. The molecule has 0 aliphatic carbocycles. The molecule has 0 fully saturated rings. The summed E-state index contributed by atoms with van der Waals surface area (Å²) in [6.45, 7) is 0. The van der Waals surface area contributed by atoms with Crippen molar-refractivity contribution >= 4 is 17.7 Å². The van der Waals surface area contributed by atoms with Crippen LogP contribution in [0.2, 0.25) is 0 Å². The Labute approximate surface area is 123 Å². The van der Waals surface area contributed by atoms with Gasteiger partial charge in [-0.15, -0.1) is 0 Å². The molecule has 0 aliphatic heterocycles. The minimum absolute atomic E-state index is 0.235. The Balaban J connectivity index is 2.08. The highest BCUT2D eigenvalue weighted by Crippen LogP contribution is 2.25. The number of hydrogen-bond donors (Lipinski definition) is 1. The molecule has 1 aromatic heterocycles. The van der Waals surface area contributed by atoms with Crippen LogP contribution in [0.25, 0.3) is 6.08 Å². The molecule has 0 saturated carbocycles. The number of aromatic nitrogens is 1. The predicted octanol–water partition coefficient (Wildman–Crippen LogP) is 2.75. The van der Waals surface area contributed by atoms with Crippen molar-refractivity contribution in [3.05, 3.63) is 54.4 Å². The van der Waals surface area contributed by atoms with Gasteiger partial charge in [-0.3, -0.25) is 9.78 Å². The quantitative estimate of drug-likeness (QED) is 0.858. The van der Waals surface area contributed by atoms with Gasteiger partial charge >= 0.3 is 0 Å². The molecule has 2 rings (SSSR count). The molecule has 0 bridgehead atoms. The highest BCUT2D eigenvalue weighted by Gasteiger charge is 2.03. The van der Waals surface area contributed by atoms with E-state index in [1.54, 1.807) is 57.0 Å². The normalized spacial score (nSPS) is 10.4. The molecule has 1 N–H and O–H groups in total. The van der Waals surface area contributed by atoms with E-state index in [-0.39, 0.29) is 5.91 Å². The lowest BCUT2D eigenvalue weighted by Crippen LogP contribution is -2.07. The van der Waals surface area contributed by atoms with Crippen LogP contribution in [0, 0.1) is 0 Å². The number of anilines is 1. The third-order valence-electron chi connectivity index (χ3n) is 2.78. The molecule has 108 valence electrons. The van der Waals surface area contributed by atoms with E-state index in [0.29, 0.717) is 17.2 Å². The summed E-state index contributed by atoms with van der Waals surface area (Å²) in [6.07, 6.45) is 6.36. The Morgan fingerprint density at radius 2 is 2.10 bits per heavy atom. The second kappa shape index (κ2) is 7.09. The van der Waals surface area contributed by atoms with Crippen LogP contribution in [0.3, 0.4) is 0 Å². The number of ether oxygens (including phenoxy) is 2. The first kappa shape index (κ1) is 14.6. The van der Waals surface area contributed by atoms with Gasteiger partial charge in [-0.1, -0.05) is 0 Å². The van der Waals surface area contributed by atoms with Gasteiger partial charge in [-0.25, -0.2) is 0 Å². The lowest BCUT2D eigenvalue weighted by atomic mass is 10.1. The molecular weight excluding hydrogens is 268 g/mol. The first-order valence-corrected chi connectivity index (χ1v) is 6.34. The molecule has 0 atom stereocenters. The van der Waals surface area contributed by atoms with Crippen LogP contribution in [0.5, 0.6) is 11.5 Å². The molecule has 0 aliphatic rings. The van der Waals surface area contributed by atoms with E-state index in [2.05, 4.69) is 10.3 Å². The molecule has 21 heavy (non-hydrogen) atoms. The van der Waals surface area contributed by atoms with E-state index in [4.69, 9.17) is 9.47 Å². The maximum atomic E-state index is 11.8. The molecule has 0 spiro atoms. The smallest absolute Gasteiger partial charge is 0.248 e. The number of hydrogen-bond acceptors (Lipinski definition) is 4. The summed E-state index contributed by atoms with van der Waals surface area (Å²) in [4.78, 5) is 15.7. The predicted molar refractivity (Wildman–Crippen MR) is 81.4 cm³/mol. The molecule has 5 heteroatoms. The zero-order valence-corrected chi connectivity index (χ0v) is 11.9. The third kappa shape index (κ3) is 4.07. The molecule has 5 nitrogen and oxygen atoms in total. The fraction of sp³-hybridized carbons (Fsp3) is 0.125. The van der Waals surface area contributed by atoms with Gasteiger partial charge in [0.15, 0.2) is 0 Å². The zero-order chi connectivity index (χ0) is 15.1. The average molecular weight is 284 g/mol. The van der Waals surface area contributed by atoms with Gasteiger partial charge < -0.3 is 14.8 Å². The van der Waals surface area contributed by atoms with Gasteiger partial charge in [0.05, 0.1) is 26.1 Å². The van der Waals surface area contributed by atoms with E-state index < -0.39 is 0 Å². The number of pyridine rings is 1. The van der Waals surface area contributed by atoms with Crippen molar-refractivity contribution in [2.75, 3.05) is 19.5 Å². The number of nitrogens with one attached hydrogen (secondary N) is 1. The highest BCUT2D eigenvalue weighted by molar-refractivity contribution is 6.02. The number of methoxy groups -OCH3 is 2. The first-order chi connectivity index (χ1) is 10.2. The molecule has 0 unspecified atom stereocenters. The fourth-order valence-electron chi connectivity index (χ4n) is 1.74. The van der Waals surface area contributed by atoms with Crippen LogP contribution in [-0.4, -0.2) is 25.1 Å². The number of carbonyl (C=O) groups is 1. The van der Waals surface area contributed by atoms with E-state index in [1.165, 1.54) is 6.08 Å². The van der Waals surface area contributed by atoms with Crippen LogP contribution in [0.1, 0.15) is 5.56 Å². The van der Waals surface area contributed by atoms with E-state index in [9.17, 15) is 4.79 Å². The zero-order valence-electron chi connectivity index (χ0n) is 11.9. The summed E-state index contributed by atoms with van der Waals surface area (Å²) in [5.41, 5.74) is 1.44. The minimum atomic E-state index is -0.235. The topological polar surface area (TPSA) is 60.5 Å².